The van der Waals surface area contributed by atoms with Gasteiger partial charge in [0.2, 0.25) is 0 Å². The highest BCUT2D eigenvalue weighted by atomic mass is 16.3. The topological polar surface area (TPSA) is 40.5 Å². The first kappa shape index (κ1) is 12.2. The number of fused-ring (bicyclic) bond motifs is 1. The Morgan fingerprint density at radius 1 is 1.20 bits per heavy atom. The van der Waals surface area contributed by atoms with Crippen LogP contribution in [0.4, 0.5) is 0 Å². The zero-order valence-electron chi connectivity index (χ0n) is 9.70. The summed E-state index contributed by atoms with van der Waals surface area (Å²) in [4.78, 5) is 0. The van der Waals surface area contributed by atoms with E-state index in [1.807, 2.05) is 6.07 Å². The van der Waals surface area contributed by atoms with E-state index in [2.05, 4.69) is 32.0 Å². The molecule has 2 N–H and O–H groups in total. The van der Waals surface area contributed by atoms with Crippen molar-refractivity contribution < 1.29 is 10.2 Å². The maximum absolute atomic E-state index is 9.69. The largest absolute Gasteiger partial charge is 0.400 e. The highest BCUT2D eigenvalue weighted by molar-refractivity contribution is 5.36. The average Bonchev–Trinajstić information content (AvgIpc) is 2.19. The summed E-state index contributed by atoms with van der Waals surface area (Å²) < 4.78 is 0. The van der Waals surface area contributed by atoms with Crippen LogP contribution in [-0.4, -0.2) is 23.4 Å². The van der Waals surface area contributed by atoms with Crippen molar-refractivity contribution in [3.05, 3.63) is 35.4 Å². The first-order valence-corrected chi connectivity index (χ1v) is 5.31. The van der Waals surface area contributed by atoms with Crippen molar-refractivity contribution in [1.82, 2.24) is 0 Å². The summed E-state index contributed by atoms with van der Waals surface area (Å²) in [5, 5.41) is 16.7. The van der Waals surface area contributed by atoms with Crippen LogP contribution in [0.5, 0.6) is 0 Å². The molecular weight excluding hydrogens is 188 g/mol. The lowest BCUT2D eigenvalue weighted by Gasteiger charge is -2.35. The van der Waals surface area contributed by atoms with Crippen molar-refractivity contribution in [3.63, 3.8) is 0 Å². The quantitative estimate of drug-likeness (QED) is 0.683. The molecule has 0 heterocycles. The second kappa shape index (κ2) is 4.77. The van der Waals surface area contributed by atoms with Crippen LogP contribution in [0.25, 0.3) is 0 Å². The minimum absolute atomic E-state index is 0.133. The molecule has 1 aliphatic carbocycles. The lowest BCUT2D eigenvalue weighted by atomic mass is 9.72. The first-order chi connectivity index (χ1) is 7.09. The van der Waals surface area contributed by atoms with E-state index in [-0.39, 0.29) is 11.5 Å². The van der Waals surface area contributed by atoms with Crippen LogP contribution in [-0.2, 0) is 11.8 Å². The third-order valence-corrected chi connectivity index (χ3v) is 2.95. The van der Waals surface area contributed by atoms with E-state index in [0.717, 1.165) is 20.0 Å². The highest BCUT2D eigenvalue weighted by Gasteiger charge is 2.31. The van der Waals surface area contributed by atoms with Crippen molar-refractivity contribution in [1.29, 1.82) is 0 Å². The van der Waals surface area contributed by atoms with Gasteiger partial charge in [0.05, 0.1) is 6.10 Å². The summed E-state index contributed by atoms with van der Waals surface area (Å²) in [6, 6.07) is 8.44. The fraction of sp³-hybridized carbons (Fsp3) is 0.538. The van der Waals surface area contributed by atoms with E-state index in [1.165, 1.54) is 11.1 Å². The maximum atomic E-state index is 9.69. The summed E-state index contributed by atoms with van der Waals surface area (Å²) in [5.74, 6) is 0. The van der Waals surface area contributed by atoms with Gasteiger partial charge in [-0.15, -0.1) is 0 Å². The summed E-state index contributed by atoms with van der Waals surface area (Å²) in [7, 11) is 1.00. The molecule has 0 saturated carbocycles. The van der Waals surface area contributed by atoms with Gasteiger partial charge in [-0.25, -0.2) is 0 Å². The van der Waals surface area contributed by atoms with Gasteiger partial charge in [0.1, 0.15) is 0 Å². The molecule has 2 rings (SSSR count). The minimum Gasteiger partial charge on any atom is -0.400 e. The smallest absolute Gasteiger partial charge is 0.0589 e. The van der Waals surface area contributed by atoms with Crippen molar-refractivity contribution in [2.75, 3.05) is 7.11 Å². The van der Waals surface area contributed by atoms with Crippen LogP contribution in [0.2, 0.25) is 0 Å². The molecule has 1 aliphatic rings. The number of benzene rings is 1. The van der Waals surface area contributed by atoms with Crippen LogP contribution in [0.15, 0.2) is 24.3 Å². The van der Waals surface area contributed by atoms with Crippen LogP contribution in [0.3, 0.4) is 0 Å². The Bertz CT molecular complexity index is 318. The van der Waals surface area contributed by atoms with Gasteiger partial charge < -0.3 is 10.2 Å². The van der Waals surface area contributed by atoms with Crippen LogP contribution in [0.1, 0.15) is 31.4 Å². The van der Waals surface area contributed by atoms with E-state index in [1.54, 1.807) is 0 Å². The lowest BCUT2D eigenvalue weighted by molar-refractivity contribution is 0.128. The van der Waals surface area contributed by atoms with Gasteiger partial charge in [-0.1, -0.05) is 38.1 Å². The molecule has 84 valence electrons. The zero-order chi connectivity index (χ0) is 11.5. The molecule has 2 heteroatoms. The predicted octanol–water partition coefficient (Wildman–Crippen LogP) is 1.88. The third-order valence-electron chi connectivity index (χ3n) is 2.95. The minimum atomic E-state index is -0.162. The summed E-state index contributed by atoms with van der Waals surface area (Å²) >= 11 is 0. The Morgan fingerprint density at radius 2 is 1.80 bits per heavy atom. The van der Waals surface area contributed by atoms with E-state index in [9.17, 15) is 5.11 Å². The Hall–Kier alpha value is -0.860. The van der Waals surface area contributed by atoms with E-state index in [4.69, 9.17) is 5.11 Å². The molecule has 1 aromatic rings. The van der Waals surface area contributed by atoms with Gasteiger partial charge in [0.25, 0.3) is 0 Å². The number of aliphatic hydroxyl groups excluding tert-OH is 2. The Kier molecular flexibility index (Phi) is 3.89. The molecule has 1 unspecified atom stereocenters. The van der Waals surface area contributed by atoms with Crippen molar-refractivity contribution in [2.24, 2.45) is 0 Å². The van der Waals surface area contributed by atoms with E-state index >= 15 is 0 Å². The molecule has 0 radical (unpaired) electrons. The van der Waals surface area contributed by atoms with Gasteiger partial charge in [-0.3, -0.25) is 0 Å². The summed E-state index contributed by atoms with van der Waals surface area (Å²) in [6.45, 7) is 4.41. The van der Waals surface area contributed by atoms with Gasteiger partial charge in [0, 0.05) is 7.11 Å². The van der Waals surface area contributed by atoms with Crippen molar-refractivity contribution >= 4 is 0 Å². The molecule has 15 heavy (non-hydrogen) atoms. The second-order valence-electron chi connectivity index (χ2n) is 4.60. The SMILES string of the molecule is CC1(C)CC(O)Cc2ccccc21.CO. The van der Waals surface area contributed by atoms with Gasteiger partial charge in [-0.05, 0) is 29.4 Å². The standard InChI is InChI=1S/C12H16O.CH4O/c1-12(2)8-10(13)7-9-5-3-4-6-11(9)12;1-2/h3-6,10,13H,7-8H2,1-2H3;2H,1H3. The van der Waals surface area contributed by atoms with Crippen molar-refractivity contribution in [3.8, 4) is 0 Å². The fourth-order valence-electron chi connectivity index (χ4n) is 2.38. The average molecular weight is 208 g/mol. The Morgan fingerprint density at radius 3 is 2.47 bits per heavy atom. The molecule has 0 saturated heterocycles. The molecule has 1 aromatic carbocycles. The highest BCUT2D eigenvalue weighted by Crippen LogP contribution is 2.36. The molecule has 0 amide bonds. The van der Waals surface area contributed by atoms with Gasteiger partial charge >= 0.3 is 0 Å². The predicted molar refractivity (Wildman–Crippen MR) is 61.9 cm³/mol. The summed E-state index contributed by atoms with van der Waals surface area (Å²) in [5.41, 5.74) is 2.85. The number of hydrogen-bond donors (Lipinski definition) is 2. The molecule has 0 aromatic heterocycles. The molecule has 0 spiro atoms. The molecular formula is C13H20O2. The number of aliphatic hydroxyl groups is 2. The number of rotatable bonds is 0. The molecule has 0 aliphatic heterocycles. The Labute approximate surface area is 91.6 Å². The molecule has 2 nitrogen and oxygen atoms in total. The van der Waals surface area contributed by atoms with Crippen LogP contribution >= 0.6 is 0 Å². The normalized spacial score (nSPS) is 22.3. The third kappa shape index (κ3) is 2.58. The summed E-state index contributed by atoms with van der Waals surface area (Å²) in [6.07, 6.45) is 1.54. The van der Waals surface area contributed by atoms with Crippen LogP contribution in [0, 0.1) is 0 Å². The monoisotopic (exact) mass is 208 g/mol. The molecule has 0 fully saturated rings. The van der Waals surface area contributed by atoms with E-state index in [0.29, 0.717) is 0 Å². The maximum Gasteiger partial charge on any atom is 0.0589 e. The molecule has 1 atom stereocenters. The first-order valence-electron chi connectivity index (χ1n) is 5.31. The Balaban J connectivity index is 0.000000531. The number of hydrogen-bond acceptors (Lipinski definition) is 2. The van der Waals surface area contributed by atoms with Crippen molar-refractivity contribution in [2.45, 2.75) is 38.2 Å². The van der Waals surface area contributed by atoms with Gasteiger partial charge in [-0.2, -0.15) is 0 Å². The van der Waals surface area contributed by atoms with Gasteiger partial charge in [0.15, 0.2) is 0 Å². The molecule has 0 bridgehead atoms. The van der Waals surface area contributed by atoms with E-state index < -0.39 is 0 Å². The second-order valence-corrected chi connectivity index (χ2v) is 4.60. The lowest BCUT2D eigenvalue weighted by Crippen LogP contribution is -2.32. The van der Waals surface area contributed by atoms with Crippen LogP contribution < -0.4 is 0 Å². The fourth-order valence-corrected chi connectivity index (χ4v) is 2.38. The zero-order valence-corrected chi connectivity index (χ0v) is 9.70.